The Hall–Kier alpha value is -4.13. The van der Waals surface area contributed by atoms with Gasteiger partial charge in [0.1, 0.15) is 5.82 Å². The molecule has 0 unspecified atom stereocenters. The number of nitrogens with one attached hydrogen (secondary N) is 1. The van der Waals surface area contributed by atoms with Crippen LogP contribution in [-0.2, 0) is 6.42 Å². The average Bonchev–Trinajstić information content (AvgIpc) is 3.39. The fourth-order valence-corrected chi connectivity index (χ4v) is 6.56. The van der Waals surface area contributed by atoms with Crippen LogP contribution in [0.3, 0.4) is 0 Å². The number of fused-ring (bicyclic) bond motifs is 1. The van der Waals surface area contributed by atoms with E-state index >= 15 is 0 Å². The predicted octanol–water partition coefficient (Wildman–Crippen LogP) is 8.55. The molecule has 0 spiro atoms. The number of hydrogen-bond donors (Lipinski definition) is 2. The number of aryl methyl sites for hydroxylation is 2. The van der Waals surface area contributed by atoms with Crippen LogP contribution in [0.1, 0.15) is 86.5 Å². The molecule has 5 rings (SSSR count). The molecular weight excluding hydrogens is 536 g/mol. The summed E-state index contributed by atoms with van der Waals surface area (Å²) in [7, 11) is 1.69. The van der Waals surface area contributed by atoms with E-state index in [0.717, 1.165) is 77.4 Å². The number of imidazole rings is 1. The number of nitrogens with zero attached hydrogens (tertiary/aromatic N) is 3. The fraction of sp³-hybridized carbons (Fsp3) is 0.417. The zero-order valence-electron chi connectivity index (χ0n) is 25.7. The zero-order valence-corrected chi connectivity index (χ0v) is 25.7. The maximum Gasteiger partial charge on any atom is 0.336 e. The third-order valence-electron chi connectivity index (χ3n) is 8.87. The van der Waals surface area contributed by atoms with Gasteiger partial charge in [0.2, 0.25) is 0 Å². The van der Waals surface area contributed by atoms with Crippen LogP contribution in [0.4, 0.5) is 10.5 Å². The van der Waals surface area contributed by atoms with Gasteiger partial charge in [0, 0.05) is 31.4 Å². The maximum atomic E-state index is 13.1. The van der Waals surface area contributed by atoms with Crippen LogP contribution in [0.5, 0.6) is 0 Å². The van der Waals surface area contributed by atoms with Crippen LogP contribution in [0.2, 0.25) is 0 Å². The van der Waals surface area contributed by atoms with Crippen LogP contribution in [0, 0.1) is 12.8 Å². The first-order chi connectivity index (χ1) is 20.9. The van der Waals surface area contributed by atoms with Crippen molar-refractivity contribution in [3.05, 3.63) is 77.6 Å². The summed E-state index contributed by atoms with van der Waals surface area (Å²) in [6.07, 6.45) is 11.7. The standard InChI is InChI=1S/C36H44N4O3/c1-4-5-17-34-38-32-21-19-27(39(36(43)37-3)22-11-14-26-12-7-6-8-13-26)24-33(32)40(34)28-18-20-29(25(2)23-28)30-15-9-10-16-31(30)35(41)42/h9-10,15-16,18-21,23-24,26H,4-8,11-14,17,22H2,1-3H3,(H,37,43)(H,41,42). The number of unbranched alkanes of at least 4 members (excludes halogenated alkanes) is 1. The fourth-order valence-electron chi connectivity index (χ4n) is 6.56. The van der Waals surface area contributed by atoms with Crippen molar-refractivity contribution in [2.45, 2.75) is 78.1 Å². The Morgan fingerprint density at radius 3 is 2.51 bits per heavy atom. The van der Waals surface area contributed by atoms with Crippen molar-refractivity contribution in [1.82, 2.24) is 14.9 Å². The van der Waals surface area contributed by atoms with Gasteiger partial charge in [-0.25, -0.2) is 14.6 Å². The Balaban J connectivity index is 1.52. The first-order valence-corrected chi connectivity index (χ1v) is 15.9. The number of hydrogen-bond acceptors (Lipinski definition) is 3. The normalized spacial score (nSPS) is 13.7. The summed E-state index contributed by atoms with van der Waals surface area (Å²) in [4.78, 5) is 31.9. The van der Waals surface area contributed by atoms with E-state index in [1.165, 1.54) is 32.1 Å². The molecule has 1 fully saturated rings. The molecule has 7 nitrogen and oxygen atoms in total. The molecule has 1 heterocycles. The molecule has 1 saturated carbocycles. The Morgan fingerprint density at radius 1 is 1.00 bits per heavy atom. The molecule has 43 heavy (non-hydrogen) atoms. The number of benzene rings is 3. The van der Waals surface area contributed by atoms with Gasteiger partial charge in [0.15, 0.2) is 0 Å². The molecule has 1 aromatic heterocycles. The molecular formula is C36H44N4O3. The van der Waals surface area contributed by atoms with Crippen molar-refractivity contribution in [2.24, 2.45) is 5.92 Å². The van der Waals surface area contributed by atoms with Crippen LogP contribution in [0.15, 0.2) is 60.7 Å². The summed E-state index contributed by atoms with van der Waals surface area (Å²) >= 11 is 0. The van der Waals surface area contributed by atoms with Gasteiger partial charge in [-0.3, -0.25) is 9.47 Å². The van der Waals surface area contributed by atoms with E-state index in [-0.39, 0.29) is 11.6 Å². The zero-order chi connectivity index (χ0) is 30.3. The minimum atomic E-state index is -0.937. The van der Waals surface area contributed by atoms with Crippen LogP contribution in [0.25, 0.3) is 27.8 Å². The van der Waals surface area contributed by atoms with Gasteiger partial charge in [-0.05, 0) is 85.2 Å². The van der Waals surface area contributed by atoms with Gasteiger partial charge in [0.25, 0.3) is 0 Å². The average molecular weight is 581 g/mol. The van der Waals surface area contributed by atoms with E-state index in [0.29, 0.717) is 12.1 Å². The lowest BCUT2D eigenvalue weighted by Gasteiger charge is -2.25. The van der Waals surface area contributed by atoms with Crippen molar-refractivity contribution in [3.63, 3.8) is 0 Å². The number of amides is 2. The van der Waals surface area contributed by atoms with Gasteiger partial charge >= 0.3 is 12.0 Å². The van der Waals surface area contributed by atoms with Crippen molar-refractivity contribution in [3.8, 4) is 16.8 Å². The largest absolute Gasteiger partial charge is 0.478 e. The summed E-state index contributed by atoms with van der Waals surface area (Å²) in [5.74, 6) is 0.823. The molecule has 3 aromatic carbocycles. The molecule has 226 valence electrons. The first kappa shape index (κ1) is 30.3. The third kappa shape index (κ3) is 6.76. The van der Waals surface area contributed by atoms with Crippen LogP contribution in [-0.4, -0.2) is 40.3 Å². The Morgan fingerprint density at radius 2 is 1.79 bits per heavy atom. The maximum absolute atomic E-state index is 13.1. The van der Waals surface area contributed by atoms with Crippen LogP contribution >= 0.6 is 0 Å². The first-order valence-electron chi connectivity index (χ1n) is 15.9. The molecule has 0 radical (unpaired) electrons. The number of aromatic carboxylic acids is 1. The summed E-state index contributed by atoms with van der Waals surface area (Å²) in [5, 5.41) is 12.6. The van der Waals surface area contributed by atoms with E-state index < -0.39 is 5.97 Å². The van der Waals surface area contributed by atoms with Crippen LogP contribution < -0.4 is 10.2 Å². The summed E-state index contributed by atoms with van der Waals surface area (Å²) in [6.45, 7) is 4.88. The molecule has 0 bridgehead atoms. The SMILES string of the molecule is CCCCc1nc2ccc(N(CCCC3CCCCC3)C(=O)NC)cc2n1-c1ccc(-c2ccccc2C(=O)O)c(C)c1. The number of carbonyl (C=O) groups is 2. The number of aromatic nitrogens is 2. The number of rotatable bonds is 11. The molecule has 4 aromatic rings. The van der Waals surface area contributed by atoms with Gasteiger partial charge in [0.05, 0.1) is 16.6 Å². The highest BCUT2D eigenvalue weighted by molar-refractivity contribution is 5.97. The summed E-state index contributed by atoms with van der Waals surface area (Å²) in [6, 6.07) is 19.3. The molecule has 0 saturated heterocycles. The molecule has 0 atom stereocenters. The highest BCUT2D eigenvalue weighted by atomic mass is 16.4. The van der Waals surface area contributed by atoms with Gasteiger partial charge in [-0.1, -0.05) is 69.7 Å². The van der Waals surface area contributed by atoms with E-state index in [1.54, 1.807) is 19.2 Å². The highest BCUT2D eigenvalue weighted by Gasteiger charge is 2.21. The second-order valence-corrected chi connectivity index (χ2v) is 11.8. The molecule has 2 amide bonds. The number of urea groups is 1. The van der Waals surface area contributed by atoms with E-state index in [2.05, 4.69) is 28.9 Å². The minimum absolute atomic E-state index is 0.0995. The second-order valence-electron chi connectivity index (χ2n) is 11.8. The third-order valence-corrected chi connectivity index (χ3v) is 8.87. The molecule has 0 aliphatic heterocycles. The molecule has 1 aliphatic carbocycles. The lowest BCUT2D eigenvalue weighted by molar-refractivity contribution is 0.0697. The van der Waals surface area contributed by atoms with Gasteiger partial charge in [-0.15, -0.1) is 0 Å². The highest BCUT2D eigenvalue weighted by Crippen LogP contribution is 2.33. The number of carboxylic acid groups (broad SMARTS) is 1. The number of carboxylic acids is 1. The van der Waals surface area contributed by atoms with Gasteiger partial charge in [-0.2, -0.15) is 0 Å². The van der Waals surface area contributed by atoms with Gasteiger partial charge < -0.3 is 10.4 Å². The van der Waals surface area contributed by atoms with E-state index in [1.807, 2.05) is 48.2 Å². The minimum Gasteiger partial charge on any atom is -0.478 e. The topological polar surface area (TPSA) is 87.5 Å². The van der Waals surface area contributed by atoms with Crippen molar-refractivity contribution in [1.29, 1.82) is 0 Å². The lowest BCUT2D eigenvalue weighted by atomic mass is 9.86. The Labute approximate surface area is 254 Å². The summed E-state index contributed by atoms with van der Waals surface area (Å²) in [5.41, 5.74) is 6.57. The Kier molecular flexibility index (Phi) is 9.80. The second kappa shape index (κ2) is 13.9. The van der Waals surface area contributed by atoms with Crippen molar-refractivity contribution >= 4 is 28.7 Å². The lowest BCUT2D eigenvalue weighted by Crippen LogP contribution is -2.39. The monoisotopic (exact) mass is 580 g/mol. The number of anilines is 1. The molecule has 7 heteroatoms. The molecule has 1 aliphatic rings. The van der Waals surface area contributed by atoms with E-state index in [9.17, 15) is 14.7 Å². The number of carbonyl (C=O) groups excluding carboxylic acids is 1. The quantitative estimate of drug-likeness (QED) is 0.186. The van der Waals surface area contributed by atoms with Crippen molar-refractivity contribution < 1.29 is 14.7 Å². The predicted molar refractivity (Wildman–Crippen MR) is 174 cm³/mol. The molecule has 2 N–H and O–H groups in total. The van der Waals surface area contributed by atoms with Crippen molar-refractivity contribution in [2.75, 3.05) is 18.5 Å². The smallest absolute Gasteiger partial charge is 0.336 e. The summed E-state index contributed by atoms with van der Waals surface area (Å²) < 4.78 is 2.21. The van der Waals surface area contributed by atoms with E-state index in [4.69, 9.17) is 4.98 Å². The Bertz CT molecular complexity index is 1580.